The molecule has 0 fully saturated rings. The molecule has 1 amide bonds. The zero-order chi connectivity index (χ0) is 24.3. The molecule has 0 saturated carbocycles. The van der Waals surface area contributed by atoms with Crippen LogP contribution < -0.4 is 14.8 Å². The highest BCUT2D eigenvalue weighted by Crippen LogP contribution is 2.28. The average Bonchev–Trinajstić information content (AvgIpc) is 2.81. The number of amides is 1. The highest BCUT2D eigenvalue weighted by atomic mass is 35.5. The molecule has 2 N–H and O–H groups in total. The van der Waals surface area contributed by atoms with E-state index in [-0.39, 0.29) is 15.7 Å². The molecule has 4 rings (SSSR count). The van der Waals surface area contributed by atoms with E-state index < -0.39 is 22.0 Å². The number of carbonyl (C=O) groups excluding carboxylic acids is 1. The molecule has 0 aliphatic heterocycles. The molecule has 0 bridgehead atoms. The lowest BCUT2D eigenvalue weighted by Gasteiger charge is -2.16. The molecular weight excluding hydrogens is 499 g/mol. The van der Waals surface area contributed by atoms with Gasteiger partial charge >= 0.3 is 0 Å². The van der Waals surface area contributed by atoms with Gasteiger partial charge in [-0.1, -0.05) is 35.3 Å². The number of rotatable bonds is 7. The molecule has 4 aromatic rings. The Labute approximate surface area is 206 Å². The Morgan fingerprint density at radius 2 is 1.71 bits per heavy atom. The van der Waals surface area contributed by atoms with Crippen molar-refractivity contribution >= 4 is 61.7 Å². The largest absolute Gasteiger partial charge is 0.479 e. The summed E-state index contributed by atoms with van der Waals surface area (Å²) < 4.78 is 33.5. The summed E-state index contributed by atoms with van der Waals surface area (Å²) in [7, 11) is -3.91. The molecule has 1 aromatic heterocycles. The van der Waals surface area contributed by atoms with Crippen LogP contribution in [0, 0.1) is 0 Å². The molecule has 11 heteroatoms. The number of carbonyl (C=O) groups is 1. The second-order valence-corrected chi connectivity index (χ2v) is 9.72. The molecule has 0 aliphatic rings. The fourth-order valence-corrected chi connectivity index (χ4v) is 4.42. The van der Waals surface area contributed by atoms with Crippen molar-refractivity contribution in [1.82, 2.24) is 9.97 Å². The summed E-state index contributed by atoms with van der Waals surface area (Å²) in [4.78, 5) is 20.9. The predicted octanol–water partition coefficient (Wildman–Crippen LogP) is 5.14. The van der Waals surface area contributed by atoms with Gasteiger partial charge in [0, 0.05) is 10.7 Å². The average molecular weight is 517 g/mol. The maximum atomic E-state index is 12.7. The molecule has 0 unspecified atom stereocenters. The number of nitrogens with zero attached hydrogens (tertiary/aromatic N) is 2. The van der Waals surface area contributed by atoms with Crippen LogP contribution in [0.1, 0.15) is 6.92 Å². The standard InChI is InChI=1S/C23H18Cl2N4O4S/c1-14(33-21-11-6-15(24)12-18(21)25)23(30)27-16-7-9-17(10-8-16)34(31,32)29-22-13-26-19-4-2-3-5-20(19)28-22/h2-14H,1H3,(H,27,30)(H,28,29)/t14-/m0/s1. The molecule has 0 aliphatic carbocycles. The van der Waals surface area contributed by atoms with E-state index >= 15 is 0 Å². The number of sulfonamides is 1. The van der Waals surface area contributed by atoms with Gasteiger partial charge in [0.25, 0.3) is 15.9 Å². The third kappa shape index (κ3) is 5.56. The van der Waals surface area contributed by atoms with E-state index in [1.54, 1.807) is 37.3 Å². The van der Waals surface area contributed by atoms with Crippen molar-refractivity contribution < 1.29 is 17.9 Å². The van der Waals surface area contributed by atoms with Crippen LogP contribution in [0.25, 0.3) is 11.0 Å². The number of fused-ring (bicyclic) bond motifs is 1. The molecule has 0 spiro atoms. The predicted molar refractivity (Wildman–Crippen MR) is 132 cm³/mol. The van der Waals surface area contributed by atoms with Gasteiger partial charge in [-0.15, -0.1) is 0 Å². The van der Waals surface area contributed by atoms with Crippen molar-refractivity contribution in [2.45, 2.75) is 17.9 Å². The Morgan fingerprint density at radius 1 is 1.00 bits per heavy atom. The number of ether oxygens (including phenoxy) is 1. The second kappa shape index (κ2) is 9.84. The van der Waals surface area contributed by atoms with Gasteiger partial charge < -0.3 is 10.1 Å². The Bertz CT molecular complexity index is 1460. The van der Waals surface area contributed by atoms with Gasteiger partial charge in [-0.25, -0.2) is 13.4 Å². The van der Waals surface area contributed by atoms with Crippen LogP contribution in [0.4, 0.5) is 11.5 Å². The normalized spacial score (nSPS) is 12.2. The first-order valence-electron chi connectivity index (χ1n) is 9.98. The molecule has 34 heavy (non-hydrogen) atoms. The lowest BCUT2D eigenvalue weighted by Crippen LogP contribution is -2.30. The first kappa shape index (κ1) is 23.7. The summed E-state index contributed by atoms with van der Waals surface area (Å²) >= 11 is 11.9. The Balaban J connectivity index is 1.41. The number of para-hydroxylation sites is 2. The van der Waals surface area contributed by atoms with E-state index in [1.807, 2.05) is 6.07 Å². The lowest BCUT2D eigenvalue weighted by atomic mass is 10.3. The van der Waals surface area contributed by atoms with E-state index in [1.165, 1.54) is 36.5 Å². The van der Waals surface area contributed by atoms with Gasteiger partial charge in [-0.3, -0.25) is 14.5 Å². The fraction of sp³-hybridized carbons (Fsp3) is 0.0870. The number of hydrogen-bond donors (Lipinski definition) is 2. The van der Waals surface area contributed by atoms with E-state index in [2.05, 4.69) is 20.0 Å². The number of nitrogens with one attached hydrogen (secondary N) is 2. The summed E-state index contributed by atoms with van der Waals surface area (Å²) in [6.45, 7) is 1.56. The Hall–Kier alpha value is -3.40. The quantitative estimate of drug-likeness (QED) is 0.351. The zero-order valence-electron chi connectivity index (χ0n) is 17.7. The number of anilines is 2. The SMILES string of the molecule is C[C@H](Oc1ccc(Cl)cc1Cl)C(=O)Nc1ccc(S(=O)(=O)Nc2cnc3ccccc3n2)cc1. The Morgan fingerprint density at radius 3 is 2.41 bits per heavy atom. The summed E-state index contributed by atoms with van der Waals surface area (Å²) in [6.07, 6.45) is 0.484. The number of hydrogen-bond acceptors (Lipinski definition) is 6. The van der Waals surface area contributed by atoms with Crippen LogP contribution in [-0.4, -0.2) is 30.4 Å². The van der Waals surface area contributed by atoms with Gasteiger partial charge in [-0.2, -0.15) is 0 Å². The van der Waals surface area contributed by atoms with Crippen LogP contribution in [0.2, 0.25) is 10.0 Å². The van der Waals surface area contributed by atoms with Crippen LogP contribution in [0.5, 0.6) is 5.75 Å². The minimum atomic E-state index is -3.91. The maximum absolute atomic E-state index is 12.7. The number of halogens is 2. The van der Waals surface area contributed by atoms with Gasteiger partial charge in [0.05, 0.1) is 27.1 Å². The van der Waals surface area contributed by atoms with E-state index in [0.29, 0.717) is 27.5 Å². The molecule has 0 saturated heterocycles. The van der Waals surface area contributed by atoms with Gasteiger partial charge in [0.2, 0.25) is 0 Å². The molecular formula is C23H18Cl2N4O4S. The molecule has 3 aromatic carbocycles. The number of aromatic nitrogens is 2. The first-order valence-corrected chi connectivity index (χ1v) is 12.2. The zero-order valence-corrected chi connectivity index (χ0v) is 20.0. The van der Waals surface area contributed by atoms with Crippen molar-refractivity contribution in [2.24, 2.45) is 0 Å². The first-order chi connectivity index (χ1) is 16.2. The molecule has 1 heterocycles. The van der Waals surface area contributed by atoms with Crippen molar-refractivity contribution in [2.75, 3.05) is 10.0 Å². The molecule has 0 radical (unpaired) electrons. The summed E-state index contributed by atoms with van der Waals surface area (Å²) in [6, 6.07) is 17.5. The lowest BCUT2D eigenvalue weighted by molar-refractivity contribution is -0.122. The summed E-state index contributed by atoms with van der Waals surface area (Å²) in [5.41, 5.74) is 1.62. The number of benzene rings is 3. The van der Waals surface area contributed by atoms with Gasteiger partial charge in [0.15, 0.2) is 11.9 Å². The maximum Gasteiger partial charge on any atom is 0.265 e. The van der Waals surface area contributed by atoms with Crippen molar-refractivity contribution in [3.8, 4) is 5.75 Å². The van der Waals surface area contributed by atoms with Crippen molar-refractivity contribution in [3.05, 3.63) is 83.0 Å². The smallest absolute Gasteiger partial charge is 0.265 e. The highest BCUT2D eigenvalue weighted by Gasteiger charge is 2.18. The molecule has 1 atom stereocenters. The third-order valence-corrected chi connectivity index (χ3v) is 6.59. The Kier molecular flexibility index (Phi) is 6.87. The minimum Gasteiger partial charge on any atom is -0.479 e. The second-order valence-electron chi connectivity index (χ2n) is 7.20. The summed E-state index contributed by atoms with van der Waals surface area (Å²) in [5, 5.41) is 3.40. The van der Waals surface area contributed by atoms with Crippen LogP contribution in [0.15, 0.2) is 77.8 Å². The fourth-order valence-electron chi connectivity index (χ4n) is 2.98. The minimum absolute atomic E-state index is 0.00213. The molecule has 174 valence electrons. The monoisotopic (exact) mass is 516 g/mol. The van der Waals surface area contributed by atoms with Crippen LogP contribution >= 0.6 is 23.2 Å². The highest BCUT2D eigenvalue weighted by molar-refractivity contribution is 7.92. The van der Waals surface area contributed by atoms with Crippen LogP contribution in [0.3, 0.4) is 0 Å². The van der Waals surface area contributed by atoms with Crippen molar-refractivity contribution in [1.29, 1.82) is 0 Å². The van der Waals surface area contributed by atoms with E-state index in [4.69, 9.17) is 27.9 Å². The summed E-state index contributed by atoms with van der Waals surface area (Å²) in [5.74, 6) is -0.0212. The topological polar surface area (TPSA) is 110 Å². The van der Waals surface area contributed by atoms with E-state index in [0.717, 1.165) is 0 Å². The van der Waals surface area contributed by atoms with Crippen LogP contribution in [-0.2, 0) is 14.8 Å². The van der Waals surface area contributed by atoms with Gasteiger partial charge in [0.1, 0.15) is 5.75 Å². The van der Waals surface area contributed by atoms with Crippen molar-refractivity contribution in [3.63, 3.8) is 0 Å². The third-order valence-electron chi connectivity index (χ3n) is 4.69. The molecule has 8 nitrogen and oxygen atoms in total. The van der Waals surface area contributed by atoms with E-state index in [9.17, 15) is 13.2 Å². The van der Waals surface area contributed by atoms with Gasteiger partial charge in [-0.05, 0) is 61.5 Å².